The van der Waals surface area contributed by atoms with E-state index in [9.17, 15) is 5.11 Å². The highest BCUT2D eigenvalue weighted by Crippen LogP contribution is 2.42. The molecule has 2 atom stereocenters. The van der Waals surface area contributed by atoms with Crippen LogP contribution in [0.3, 0.4) is 0 Å². The fraction of sp³-hybridized carbons (Fsp3) is 0.250. The fourth-order valence-corrected chi connectivity index (χ4v) is 3.98. The van der Waals surface area contributed by atoms with Crippen molar-refractivity contribution in [1.82, 2.24) is 25.0 Å². The third-order valence-electron chi connectivity index (χ3n) is 5.22. The number of nitrogens with zero attached hydrogens (tertiary/aromatic N) is 4. The van der Waals surface area contributed by atoms with Gasteiger partial charge in [-0.15, -0.1) is 0 Å². The van der Waals surface area contributed by atoms with Crippen LogP contribution in [-0.4, -0.2) is 43.3 Å². The number of fused-ring (bicyclic) bond motifs is 2. The van der Waals surface area contributed by atoms with Crippen LogP contribution in [-0.2, 0) is 13.5 Å². The molecule has 0 amide bonds. The maximum Gasteiger partial charge on any atom is 0.143 e. The first-order valence-corrected chi connectivity index (χ1v) is 8.83. The van der Waals surface area contributed by atoms with Crippen molar-refractivity contribution in [3.05, 3.63) is 59.5 Å². The smallest absolute Gasteiger partial charge is 0.143 e. The first-order chi connectivity index (χ1) is 13.2. The lowest BCUT2D eigenvalue weighted by Crippen LogP contribution is -2.16. The summed E-state index contributed by atoms with van der Waals surface area (Å²) < 4.78 is 7.34. The normalized spacial score (nSPS) is 18.8. The van der Waals surface area contributed by atoms with Crippen molar-refractivity contribution < 1.29 is 9.84 Å². The Morgan fingerprint density at radius 3 is 2.93 bits per heavy atom. The van der Waals surface area contributed by atoms with Crippen molar-refractivity contribution in [2.45, 2.75) is 18.4 Å². The molecule has 136 valence electrons. The van der Waals surface area contributed by atoms with Gasteiger partial charge < -0.3 is 9.84 Å². The summed E-state index contributed by atoms with van der Waals surface area (Å²) in [5.41, 5.74) is 6.14. The van der Waals surface area contributed by atoms with E-state index >= 15 is 0 Å². The number of benzene rings is 1. The molecule has 2 N–H and O–H groups in total. The van der Waals surface area contributed by atoms with Gasteiger partial charge in [0.05, 0.1) is 36.5 Å². The van der Waals surface area contributed by atoms with Crippen LogP contribution >= 0.6 is 0 Å². The molecule has 7 heteroatoms. The second-order valence-electron chi connectivity index (χ2n) is 6.89. The largest absolute Gasteiger partial charge is 0.495 e. The first kappa shape index (κ1) is 16.0. The molecule has 5 rings (SSSR count). The van der Waals surface area contributed by atoms with Crippen LogP contribution < -0.4 is 4.74 Å². The van der Waals surface area contributed by atoms with E-state index in [2.05, 4.69) is 27.4 Å². The summed E-state index contributed by atoms with van der Waals surface area (Å²) in [5.74, 6) is 0.418. The van der Waals surface area contributed by atoms with Gasteiger partial charge in [0, 0.05) is 24.9 Å². The molecule has 0 spiro atoms. The SMILES string of the molecule is COc1cc2[nH]nc(-c3cnn(C)c3)c2nc1C1c2ccccc2CC1O. The van der Waals surface area contributed by atoms with Crippen molar-refractivity contribution in [3.8, 4) is 17.0 Å². The van der Waals surface area contributed by atoms with E-state index < -0.39 is 6.10 Å². The number of rotatable bonds is 3. The number of aromatic nitrogens is 5. The third kappa shape index (κ3) is 2.43. The zero-order chi connectivity index (χ0) is 18.5. The molecule has 4 aromatic rings. The number of aliphatic hydroxyl groups is 1. The minimum Gasteiger partial charge on any atom is -0.495 e. The van der Waals surface area contributed by atoms with Crippen molar-refractivity contribution in [2.75, 3.05) is 7.11 Å². The predicted octanol–water partition coefficient (Wildman–Crippen LogP) is 2.42. The average molecular weight is 361 g/mol. The van der Waals surface area contributed by atoms with Crippen LogP contribution in [0.25, 0.3) is 22.3 Å². The quantitative estimate of drug-likeness (QED) is 0.585. The Morgan fingerprint density at radius 1 is 1.30 bits per heavy atom. The summed E-state index contributed by atoms with van der Waals surface area (Å²) in [5, 5.41) is 22.4. The maximum atomic E-state index is 10.8. The Kier molecular flexibility index (Phi) is 3.51. The van der Waals surface area contributed by atoms with Gasteiger partial charge in [-0.1, -0.05) is 24.3 Å². The molecule has 0 saturated heterocycles. The molecule has 2 unspecified atom stereocenters. The van der Waals surface area contributed by atoms with Crippen molar-refractivity contribution in [2.24, 2.45) is 7.05 Å². The average Bonchev–Trinajstić information content (AvgIpc) is 3.36. The molecule has 1 aromatic carbocycles. The van der Waals surface area contributed by atoms with E-state index in [1.54, 1.807) is 18.0 Å². The van der Waals surface area contributed by atoms with Gasteiger partial charge in [-0.2, -0.15) is 10.2 Å². The highest BCUT2D eigenvalue weighted by molar-refractivity contribution is 5.90. The second-order valence-corrected chi connectivity index (χ2v) is 6.89. The summed E-state index contributed by atoms with van der Waals surface area (Å²) in [4.78, 5) is 4.91. The summed E-state index contributed by atoms with van der Waals surface area (Å²) in [6, 6.07) is 10.0. The molecule has 0 bridgehead atoms. The number of aromatic amines is 1. The topological polar surface area (TPSA) is 88.9 Å². The number of aryl methyl sites for hydroxylation is 1. The van der Waals surface area contributed by atoms with Gasteiger partial charge in [0.15, 0.2) is 0 Å². The molecule has 1 aliphatic rings. The number of hydrogen-bond acceptors (Lipinski definition) is 5. The Hall–Kier alpha value is -3.19. The lowest BCUT2D eigenvalue weighted by atomic mass is 9.94. The number of ether oxygens (including phenoxy) is 1. The van der Waals surface area contributed by atoms with Gasteiger partial charge in [0.1, 0.15) is 17.0 Å². The molecular formula is C20H19N5O2. The molecule has 0 saturated carbocycles. The van der Waals surface area contributed by atoms with Crippen LogP contribution in [0.15, 0.2) is 42.7 Å². The molecule has 7 nitrogen and oxygen atoms in total. The number of nitrogens with one attached hydrogen (secondary N) is 1. The fourth-order valence-electron chi connectivity index (χ4n) is 3.98. The highest BCUT2D eigenvalue weighted by Gasteiger charge is 2.35. The Morgan fingerprint density at radius 2 is 2.15 bits per heavy atom. The van der Waals surface area contributed by atoms with E-state index in [0.717, 1.165) is 39.1 Å². The molecular weight excluding hydrogens is 342 g/mol. The van der Waals surface area contributed by atoms with E-state index in [4.69, 9.17) is 9.72 Å². The van der Waals surface area contributed by atoms with Gasteiger partial charge in [-0.25, -0.2) is 4.98 Å². The number of methoxy groups -OCH3 is 1. The Bertz CT molecular complexity index is 1150. The van der Waals surface area contributed by atoms with E-state index in [1.165, 1.54) is 0 Å². The summed E-state index contributed by atoms with van der Waals surface area (Å²) in [6.45, 7) is 0. The summed E-state index contributed by atoms with van der Waals surface area (Å²) in [6.07, 6.45) is 3.75. The van der Waals surface area contributed by atoms with E-state index in [1.807, 2.05) is 31.4 Å². The summed E-state index contributed by atoms with van der Waals surface area (Å²) in [7, 11) is 3.49. The third-order valence-corrected chi connectivity index (χ3v) is 5.22. The number of pyridine rings is 1. The van der Waals surface area contributed by atoms with E-state index in [-0.39, 0.29) is 5.92 Å². The van der Waals surface area contributed by atoms with Gasteiger partial charge in [0.25, 0.3) is 0 Å². The molecule has 27 heavy (non-hydrogen) atoms. The molecule has 0 radical (unpaired) electrons. The minimum atomic E-state index is -0.532. The molecule has 1 aliphatic carbocycles. The lowest BCUT2D eigenvalue weighted by Gasteiger charge is -2.18. The number of aliphatic hydroxyl groups excluding tert-OH is 1. The molecule has 0 aliphatic heterocycles. The van der Waals surface area contributed by atoms with Crippen LogP contribution in [0.1, 0.15) is 22.7 Å². The van der Waals surface area contributed by atoms with Crippen LogP contribution in [0.4, 0.5) is 0 Å². The van der Waals surface area contributed by atoms with Crippen molar-refractivity contribution in [1.29, 1.82) is 0 Å². The van der Waals surface area contributed by atoms with Crippen LogP contribution in [0.5, 0.6) is 5.75 Å². The van der Waals surface area contributed by atoms with Gasteiger partial charge >= 0.3 is 0 Å². The lowest BCUT2D eigenvalue weighted by molar-refractivity contribution is 0.167. The van der Waals surface area contributed by atoms with Crippen LogP contribution in [0, 0.1) is 0 Å². The highest BCUT2D eigenvalue weighted by atomic mass is 16.5. The minimum absolute atomic E-state index is 0.225. The molecule has 0 fully saturated rings. The Labute approximate surface area is 155 Å². The molecule has 3 heterocycles. The predicted molar refractivity (Wildman–Crippen MR) is 101 cm³/mol. The molecule has 3 aromatic heterocycles. The summed E-state index contributed by atoms with van der Waals surface area (Å²) >= 11 is 0. The van der Waals surface area contributed by atoms with Crippen molar-refractivity contribution in [3.63, 3.8) is 0 Å². The number of H-pyrrole nitrogens is 1. The Balaban J connectivity index is 1.72. The van der Waals surface area contributed by atoms with Gasteiger partial charge in [0.2, 0.25) is 0 Å². The standard InChI is InChI=1S/C20H19N5O2/c1-25-10-12(9-21-25)18-19-14(23-24-18)8-16(27-2)20(22-19)17-13-6-4-3-5-11(13)7-15(17)26/h3-6,8-10,15,17,26H,7H2,1-2H3,(H,23,24). The van der Waals surface area contributed by atoms with Crippen molar-refractivity contribution >= 4 is 11.0 Å². The number of hydrogen-bond donors (Lipinski definition) is 2. The first-order valence-electron chi connectivity index (χ1n) is 8.83. The zero-order valence-electron chi connectivity index (χ0n) is 15.0. The zero-order valence-corrected chi connectivity index (χ0v) is 15.0. The van der Waals surface area contributed by atoms with Gasteiger partial charge in [-0.05, 0) is 17.5 Å². The van der Waals surface area contributed by atoms with E-state index in [0.29, 0.717) is 12.2 Å². The monoisotopic (exact) mass is 361 g/mol. The second kappa shape index (κ2) is 5.92. The van der Waals surface area contributed by atoms with Gasteiger partial charge in [-0.3, -0.25) is 9.78 Å². The van der Waals surface area contributed by atoms with Crippen LogP contribution in [0.2, 0.25) is 0 Å². The maximum absolute atomic E-state index is 10.8.